The Morgan fingerprint density at radius 3 is 2.71 bits per heavy atom. The number of halogens is 1. The minimum Gasteiger partial charge on any atom is -0.377 e. The second-order valence-corrected chi connectivity index (χ2v) is 4.99. The van der Waals surface area contributed by atoms with Gasteiger partial charge in [-0.2, -0.15) is 15.4 Å². The lowest BCUT2D eigenvalue weighted by Crippen LogP contribution is -2.04. The Balaban J connectivity index is 1.83. The van der Waals surface area contributed by atoms with Crippen molar-refractivity contribution >= 4 is 17.3 Å². The maximum atomic E-state index is 6.11. The van der Waals surface area contributed by atoms with Gasteiger partial charge in [0, 0.05) is 11.8 Å². The first kappa shape index (κ1) is 13.6. The van der Waals surface area contributed by atoms with Crippen LogP contribution >= 0.6 is 11.6 Å². The average Bonchev–Trinajstić information content (AvgIpc) is 2.96. The van der Waals surface area contributed by atoms with E-state index in [0.717, 1.165) is 28.2 Å². The fourth-order valence-corrected chi connectivity index (χ4v) is 2.39. The normalized spacial score (nSPS) is 10.6. The standard InChI is InChI=1S/C15H14ClN5/c1-10-7-8-17-15(16)13(10)18-9-12-14(20-21-19-12)11-5-3-2-4-6-11/h2-8,18H,9H2,1H3,(H,19,20,21). The first-order valence-electron chi connectivity index (χ1n) is 6.56. The summed E-state index contributed by atoms with van der Waals surface area (Å²) >= 11 is 6.11. The second kappa shape index (κ2) is 5.93. The first-order chi connectivity index (χ1) is 10.3. The van der Waals surface area contributed by atoms with Gasteiger partial charge in [0.1, 0.15) is 11.4 Å². The number of pyridine rings is 1. The van der Waals surface area contributed by atoms with Gasteiger partial charge in [0.2, 0.25) is 0 Å². The summed E-state index contributed by atoms with van der Waals surface area (Å²) in [5.74, 6) is 0. The van der Waals surface area contributed by atoms with Crippen molar-refractivity contribution < 1.29 is 0 Å². The van der Waals surface area contributed by atoms with E-state index in [1.54, 1.807) is 6.20 Å². The summed E-state index contributed by atoms with van der Waals surface area (Å²) in [6.45, 7) is 2.50. The van der Waals surface area contributed by atoms with Crippen molar-refractivity contribution in [1.29, 1.82) is 0 Å². The van der Waals surface area contributed by atoms with E-state index >= 15 is 0 Å². The Kier molecular flexibility index (Phi) is 3.83. The molecule has 106 valence electrons. The molecule has 2 N–H and O–H groups in total. The fraction of sp³-hybridized carbons (Fsp3) is 0.133. The Morgan fingerprint density at radius 1 is 1.14 bits per heavy atom. The number of nitrogens with zero attached hydrogens (tertiary/aromatic N) is 3. The van der Waals surface area contributed by atoms with Crippen LogP contribution in [0.2, 0.25) is 5.15 Å². The lowest BCUT2D eigenvalue weighted by Gasteiger charge is -2.09. The van der Waals surface area contributed by atoms with Gasteiger partial charge >= 0.3 is 0 Å². The molecule has 0 fully saturated rings. The van der Waals surface area contributed by atoms with Gasteiger partial charge in [-0.1, -0.05) is 41.9 Å². The Hall–Kier alpha value is -2.40. The quantitative estimate of drug-likeness (QED) is 0.724. The Labute approximate surface area is 127 Å². The molecule has 0 amide bonds. The minimum atomic E-state index is 0.458. The highest BCUT2D eigenvalue weighted by Gasteiger charge is 2.11. The molecule has 0 saturated heterocycles. The largest absolute Gasteiger partial charge is 0.377 e. The molecular weight excluding hydrogens is 286 g/mol. The number of rotatable bonds is 4. The van der Waals surface area contributed by atoms with Crippen LogP contribution in [0, 0.1) is 6.92 Å². The number of nitrogens with one attached hydrogen (secondary N) is 2. The van der Waals surface area contributed by atoms with Crippen molar-refractivity contribution in [2.24, 2.45) is 0 Å². The summed E-state index contributed by atoms with van der Waals surface area (Å²) in [6.07, 6.45) is 1.69. The molecule has 0 aliphatic carbocycles. The van der Waals surface area contributed by atoms with Gasteiger partial charge in [-0.05, 0) is 18.6 Å². The summed E-state index contributed by atoms with van der Waals surface area (Å²) in [6, 6.07) is 11.8. The molecular formula is C15H14ClN5. The molecule has 2 aromatic heterocycles. The van der Waals surface area contributed by atoms with Crippen LogP contribution < -0.4 is 5.32 Å². The number of aryl methyl sites for hydroxylation is 1. The highest BCUT2D eigenvalue weighted by molar-refractivity contribution is 6.32. The van der Waals surface area contributed by atoms with Gasteiger partial charge in [0.15, 0.2) is 5.15 Å². The van der Waals surface area contributed by atoms with Gasteiger partial charge in [-0.25, -0.2) is 4.98 Å². The fourth-order valence-electron chi connectivity index (χ4n) is 2.11. The molecule has 3 rings (SSSR count). The summed E-state index contributed by atoms with van der Waals surface area (Å²) in [5, 5.41) is 14.8. The van der Waals surface area contributed by atoms with Gasteiger partial charge in [-0.3, -0.25) is 0 Å². The zero-order chi connectivity index (χ0) is 14.7. The molecule has 0 saturated carbocycles. The van der Waals surface area contributed by atoms with E-state index in [1.807, 2.05) is 43.3 Å². The summed E-state index contributed by atoms with van der Waals surface area (Å²) in [7, 11) is 0. The van der Waals surface area contributed by atoms with Gasteiger partial charge in [0.05, 0.1) is 12.2 Å². The highest BCUT2D eigenvalue weighted by Crippen LogP contribution is 2.25. The van der Waals surface area contributed by atoms with E-state index < -0.39 is 0 Å². The number of aromatic amines is 1. The van der Waals surface area contributed by atoms with E-state index in [-0.39, 0.29) is 0 Å². The van der Waals surface area contributed by atoms with Crippen LogP contribution in [0.4, 0.5) is 5.69 Å². The predicted octanol–water partition coefficient (Wildman–Crippen LogP) is 3.44. The van der Waals surface area contributed by atoms with E-state index in [9.17, 15) is 0 Å². The molecule has 0 spiro atoms. The van der Waals surface area contributed by atoms with Crippen molar-refractivity contribution in [3.05, 3.63) is 59.0 Å². The molecule has 2 heterocycles. The monoisotopic (exact) mass is 299 g/mol. The zero-order valence-electron chi connectivity index (χ0n) is 11.5. The Morgan fingerprint density at radius 2 is 1.95 bits per heavy atom. The molecule has 0 radical (unpaired) electrons. The highest BCUT2D eigenvalue weighted by atomic mass is 35.5. The molecule has 0 bridgehead atoms. The number of hydrogen-bond acceptors (Lipinski definition) is 4. The summed E-state index contributed by atoms with van der Waals surface area (Å²) in [4.78, 5) is 4.08. The lowest BCUT2D eigenvalue weighted by atomic mass is 10.1. The minimum absolute atomic E-state index is 0.458. The van der Waals surface area contributed by atoms with Crippen LogP contribution in [0.3, 0.4) is 0 Å². The van der Waals surface area contributed by atoms with Crippen LogP contribution in [0.25, 0.3) is 11.3 Å². The molecule has 6 heteroatoms. The van der Waals surface area contributed by atoms with E-state index in [1.165, 1.54) is 0 Å². The Bertz CT molecular complexity index is 719. The molecule has 3 aromatic rings. The van der Waals surface area contributed by atoms with Gasteiger partial charge in [0.25, 0.3) is 0 Å². The van der Waals surface area contributed by atoms with E-state index in [0.29, 0.717) is 11.7 Å². The number of anilines is 1. The van der Waals surface area contributed by atoms with Gasteiger partial charge in [-0.15, -0.1) is 0 Å². The third-order valence-electron chi connectivity index (χ3n) is 3.21. The maximum absolute atomic E-state index is 6.11. The predicted molar refractivity (Wildman–Crippen MR) is 83.1 cm³/mol. The van der Waals surface area contributed by atoms with Crippen molar-refractivity contribution in [1.82, 2.24) is 20.4 Å². The molecule has 1 aromatic carbocycles. The van der Waals surface area contributed by atoms with Gasteiger partial charge < -0.3 is 5.32 Å². The van der Waals surface area contributed by atoms with Crippen molar-refractivity contribution in [2.45, 2.75) is 13.5 Å². The number of hydrogen-bond donors (Lipinski definition) is 2. The summed E-state index contributed by atoms with van der Waals surface area (Å²) in [5.41, 5.74) is 4.55. The van der Waals surface area contributed by atoms with Crippen molar-refractivity contribution in [3.8, 4) is 11.3 Å². The number of H-pyrrole nitrogens is 1. The van der Waals surface area contributed by atoms with Crippen LogP contribution in [0.15, 0.2) is 42.6 Å². The second-order valence-electron chi connectivity index (χ2n) is 4.63. The SMILES string of the molecule is Cc1ccnc(Cl)c1NCc1n[nH]nc1-c1ccccc1. The molecule has 21 heavy (non-hydrogen) atoms. The van der Waals surface area contributed by atoms with Crippen molar-refractivity contribution in [3.63, 3.8) is 0 Å². The molecule has 0 unspecified atom stereocenters. The maximum Gasteiger partial charge on any atom is 0.152 e. The lowest BCUT2D eigenvalue weighted by molar-refractivity contribution is 0.910. The van der Waals surface area contributed by atoms with E-state index in [4.69, 9.17) is 11.6 Å². The molecule has 0 aliphatic rings. The smallest absolute Gasteiger partial charge is 0.152 e. The van der Waals surface area contributed by atoms with E-state index in [2.05, 4.69) is 25.7 Å². The van der Waals surface area contributed by atoms with Crippen LogP contribution in [0.1, 0.15) is 11.3 Å². The zero-order valence-corrected chi connectivity index (χ0v) is 12.2. The number of aromatic nitrogens is 4. The molecule has 5 nitrogen and oxygen atoms in total. The van der Waals surface area contributed by atoms with Crippen LogP contribution in [-0.2, 0) is 6.54 Å². The van der Waals surface area contributed by atoms with Crippen LogP contribution in [-0.4, -0.2) is 20.4 Å². The topological polar surface area (TPSA) is 66.5 Å². The molecule has 0 aliphatic heterocycles. The third-order valence-corrected chi connectivity index (χ3v) is 3.50. The molecule has 0 atom stereocenters. The number of benzene rings is 1. The third kappa shape index (κ3) is 2.87. The van der Waals surface area contributed by atoms with Crippen LogP contribution in [0.5, 0.6) is 0 Å². The average molecular weight is 300 g/mol. The van der Waals surface area contributed by atoms with Crippen molar-refractivity contribution in [2.75, 3.05) is 5.32 Å². The first-order valence-corrected chi connectivity index (χ1v) is 6.93. The summed E-state index contributed by atoms with van der Waals surface area (Å²) < 4.78 is 0.